The molecule has 1 fully saturated rings. The largest absolute Gasteiger partial charge is 0.452 e. The van der Waals surface area contributed by atoms with E-state index in [4.69, 9.17) is 4.74 Å². The minimum Gasteiger partial charge on any atom is -0.452 e. The van der Waals surface area contributed by atoms with Crippen molar-refractivity contribution in [2.75, 3.05) is 26.2 Å². The highest BCUT2D eigenvalue weighted by atomic mass is 32.2. The number of amides is 1. The van der Waals surface area contributed by atoms with Crippen LogP contribution in [0.3, 0.4) is 0 Å². The Labute approximate surface area is 225 Å². The highest BCUT2D eigenvalue weighted by Gasteiger charge is 2.25. The quantitative estimate of drug-likeness (QED) is 0.353. The van der Waals surface area contributed by atoms with E-state index in [1.165, 1.54) is 28.6 Å². The van der Waals surface area contributed by atoms with Crippen molar-refractivity contribution in [1.82, 2.24) is 9.21 Å². The van der Waals surface area contributed by atoms with Crippen LogP contribution in [-0.4, -0.2) is 55.7 Å². The van der Waals surface area contributed by atoms with Crippen LogP contribution in [0.25, 0.3) is 0 Å². The number of nitrogens with zero attached hydrogens (tertiary/aromatic N) is 2. The number of hydrogen-bond acceptors (Lipinski definition) is 5. The summed E-state index contributed by atoms with van der Waals surface area (Å²) in [6.45, 7) is 1.52. The molecule has 0 atom stereocenters. The van der Waals surface area contributed by atoms with Gasteiger partial charge in [-0.05, 0) is 54.7 Å². The predicted molar refractivity (Wildman–Crippen MR) is 146 cm³/mol. The number of hydrogen-bond donors (Lipinski definition) is 0. The van der Waals surface area contributed by atoms with Crippen molar-refractivity contribution < 1.29 is 22.7 Å². The molecule has 0 bridgehead atoms. The van der Waals surface area contributed by atoms with Crippen LogP contribution in [0.2, 0.25) is 0 Å². The Bertz CT molecular complexity index is 1290. The maximum Gasteiger partial charge on any atom is 0.338 e. The van der Waals surface area contributed by atoms with E-state index in [-0.39, 0.29) is 16.4 Å². The molecule has 7 nitrogen and oxygen atoms in total. The smallest absolute Gasteiger partial charge is 0.338 e. The van der Waals surface area contributed by atoms with Crippen molar-refractivity contribution in [3.63, 3.8) is 0 Å². The fourth-order valence-electron chi connectivity index (χ4n) is 4.50. The first kappa shape index (κ1) is 27.5. The van der Waals surface area contributed by atoms with Gasteiger partial charge in [-0.3, -0.25) is 4.79 Å². The second kappa shape index (κ2) is 13.3. The van der Waals surface area contributed by atoms with Gasteiger partial charge >= 0.3 is 5.97 Å². The summed E-state index contributed by atoms with van der Waals surface area (Å²) in [5.74, 6) is -0.960. The van der Waals surface area contributed by atoms with Gasteiger partial charge in [-0.2, -0.15) is 4.31 Å². The zero-order chi connectivity index (χ0) is 26.8. The molecule has 0 aliphatic carbocycles. The molecule has 8 heteroatoms. The lowest BCUT2D eigenvalue weighted by Gasteiger charge is -2.23. The standard InChI is InChI=1S/C30H34N2O5S/c33-29(31(23-26-13-7-4-8-14-26)22-19-25-11-5-3-6-12-25)24-37-30(34)27-15-17-28(18-16-27)38(35,36)32-20-9-1-2-10-21-32/h3-8,11-18H,1-2,9-10,19-24H2. The Morgan fingerprint density at radius 1 is 0.763 bits per heavy atom. The highest BCUT2D eigenvalue weighted by Crippen LogP contribution is 2.21. The summed E-state index contributed by atoms with van der Waals surface area (Å²) >= 11 is 0. The lowest BCUT2D eigenvalue weighted by Crippen LogP contribution is -2.36. The van der Waals surface area contributed by atoms with E-state index >= 15 is 0 Å². The lowest BCUT2D eigenvalue weighted by atomic mass is 10.1. The molecule has 1 saturated heterocycles. The maximum atomic E-state index is 13.1. The van der Waals surface area contributed by atoms with Crippen LogP contribution in [0.15, 0.2) is 89.8 Å². The zero-order valence-electron chi connectivity index (χ0n) is 21.5. The average Bonchev–Trinajstić information content (AvgIpc) is 3.25. The molecular weight excluding hydrogens is 500 g/mol. The van der Waals surface area contributed by atoms with E-state index in [9.17, 15) is 18.0 Å². The molecule has 3 aromatic carbocycles. The van der Waals surface area contributed by atoms with Gasteiger partial charge in [0.1, 0.15) is 0 Å². The summed E-state index contributed by atoms with van der Waals surface area (Å²) in [6, 6.07) is 25.3. The van der Waals surface area contributed by atoms with E-state index in [0.717, 1.165) is 36.8 Å². The second-order valence-electron chi connectivity index (χ2n) is 9.46. The molecule has 0 aromatic heterocycles. The molecule has 4 rings (SSSR count). The summed E-state index contributed by atoms with van der Waals surface area (Å²) in [4.78, 5) is 27.6. The number of carbonyl (C=O) groups is 2. The molecule has 0 saturated carbocycles. The van der Waals surface area contributed by atoms with Crippen LogP contribution >= 0.6 is 0 Å². The van der Waals surface area contributed by atoms with E-state index in [1.54, 1.807) is 4.90 Å². The number of carbonyl (C=O) groups excluding carboxylic acids is 2. The molecule has 0 spiro atoms. The minimum atomic E-state index is -3.60. The summed E-state index contributed by atoms with van der Waals surface area (Å²) in [6.07, 6.45) is 4.45. The van der Waals surface area contributed by atoms with Gasteiger partial charge in [0.25, 0.3) is 5.91 Å². The molecule has 0 N–H and O–H groups in total. The summed E-state index contributed by atoms with van der Waals surface area (Å²) in [5.41, 5.74) is 2.30. The molecule has 38 heavy (non-hydrogen) atoms. The van der Waals surface area contributed by atoms with Crippen LogP contribution in [0.5, 0.6) is 0 Å². The van der Waals surface area contributed by atoms with Gasteiger partial charge in [-0.25, -0.2) is 13.2 Å². The predicted octanol–water partition coefficient (Wildman–Crippen LogP) is 4.68. The summed E-state index contributed by atoms with van der Waals surface area (Å²) in [5, 5.41) is 0. The molecule has 0 unspecified atom stereocenters. The van der Waals surface area contributed by atoms with Crippen molar-refractivity contribution in [2.24, 2.45) is 0 Å². The first-order chi connectivity index (χ1) is 18.4. The topological polar surface area (TPSA) is 84.0 Å². The van der Waals surface area contributed by atoms with Crippen LogP contribution in [-0.2, 0) is 32.5 Å². The molecule has 1 aliphatic rings. The Kier molecular flexibility index (Phi) is 9.67. The number of ether oxygens (including phenoxy) is 1. The van der Waals surface area contributed by atoms with Crippen molar-refractivity contribution in [3.05, 3.63) is 102 Å². The van der Waals surface area contributed by atoms with Gasteiger partial charge < -0.3 is 9.64 Å². The van der Waals surface area contributed by atoms with E-state index in [0.29, 0.717) is 32.6 Å². The van der Waals surface area contributed by atoms with Gasteiger partial charge in [-0.1, -0.05) is 73.5 Å². The third-order valence-corrected chi connectivity index (χ3v) is 8.61. The van der Waals surface area contributed by atoms with E-state index in [2.05, 4.69) is 0 Å². The maximum absolute atomic E-state index is 13.1. The summed E-state index contributed by atoms with van der Waals surface area (Å²) < 4.78 is 32.8. The highest BCUT2D eigenvalue weighted by molar-refractivity contribution is 7.89. The van der Waals surface area contributed by atoms with Gasteiger partial charge in [0.05, 0.1) is 10.5 Å². The molecule has 0 radical (unpaired) electrons. The van der Waals surface area contributed by atoms with Gasteiger partial charge in [0, 0.05) is 26.2 Å². The number of sulfonamides is 1. The molecule has 1 amide bonds. The SMILES string of the molecule is O=C(OCC(=O)N(CCc1ccccc1)Cc1ccccc1)c1ccc(S(=O)(=O)N2CCCCCC2)cc1. The molecule has 1 aliphatic heterocycles. The lowest BCUT2D eigenvalue weighted by molar-refractivity contribution is -0.135. The van der Waals surface area contributed by atoms with Gasteiger partial charge in [-0.15, -0.1) is 0 Å². The molecule has 1 heterocycles. The average molecular weight is 535 g/mol. The Hall–Kier alpha value is -3.49. The Morgan fingerprint density at radius 3 is 1.95 bits per heavy atom. The van der Waals surface area contributed by atoms with Crippen molar-refractivity contribution in [2.45, 2.75) is 43.5 Å². The van der Waals surface area contributed by atoms with Crippen LogP contribution < -0.4 is 0 Å². The van der Waals surface area contributed by atoms with Crippen LogP contribution in [0, 0.1) is 0 Å². The minimum absolute atomic E-state index is 0.155. The Balaban J connectivity index is 1.37. The van der Waals surface area contributed by atoms with Crippen molar-refractivity contribution in [1.29, 1.82) is 0 Å². The fourth-order valence-corrected chi connectivity index (χ4v) is 6.02. The zero-order valence-corrected chi connectivity index (χ0v) is 22.3. The molecule has 3 aromatic rings. The van der Waals surface area contributed by atoms with Crippen molar-refractivity contribution in [3.8, 4) is 0 Å². The number of benzene rings is 3. The third kappa shape index (κ3) is 7.52. The van der Waals surface area contributed by atoms with E-state index < -0.39 is 22.6 Å². The summed E-state index contributed by atoms with van der Waals surface area (Å²) in [7, 11) is -3.60. The van der Waals surface area contributed by atoms with Crippen LogP contribution in [0.4, 0.5) is 0 Å². The molecular formula is C30H34N2O5S. The first-order valence-corrected chi connectivity index (χ1v) is 14.5. The molecule has 200 valence electrons. The first-order valence-electron chi connectivity index (χ1n) is 13.1. The number of rotatable bonds is 10. The van der Waals surface area contributed by atoms with E-state index in [1.807, 2.05) is 60.7 Å². The Morgan fingerprint density at radius 2 is 1.34 bits per heavy atom. The van der Waals surface area contributed by atoms with Gasteiger partial charge in [0.2, 0.25) is 10.0 Å². The monoisotopic (exact) mass is 534 g/mol. The second-order valence-corrected chi connectivity index (χ2v) is 11.4. The van der Waals surface area contributed by atoms with Gasteiger partial charge in [0.15, 0.2) is 6.61 Å². The van der Waals surface area contributed by atoms with Crippen molar-refractivity contribution >= 4 is 21.9 Å². The normalized spacial score (nSPS) is 14.4. The van der Waals surface area contributed by atoms with Crippen LogP contribution in [0.1, 0.15) is 47.2 Å². The fraction of sp³-hybridized carbons (Fsp3) is 0.333. The number of esters is 1. The third-order valence-electron chi connectivity index (χ3n) is 6.70.